The largest absolute Gasteiger partial charge is 0.492 e. The highest BCUT2D eigenvalue weighted by Gasteiger charge is 2.65. The number of rotatable bonds is 22. The van der Waals surface area contributed by atoms with Crippen molar-refractivity contribution in [1.29, 1.82) is 0 Å². The first-order chi connectivity index (χ1) is 27.0. The predicted molar refractivity (Wildman–Crippen MR) is 211 cm³/mol. The number of halogens is 1. The highest BCUT2D eigenvalue weighted by molar-refractivity contribution is 6.18. The molecule has 55 heavy (non-hydrogen) atoms. The summed E-state index contributed by atoms with van der Waals surface area (Å²) in [5.41, 5.74) is 2.75. The number of unbranched alkanes of at least 4 members (excludes halogenated alkanes) is 2. The number of carbonyl (C=O) groups is 1. The Morgan fingerprint density at radius 1 is 1.15 bits per heavy atom. The van der Waals surface area contributed by atoms with Gasteiger partial charge in [-0.2, -0.15) is 0 Å². The number of hydrogen-bond acceptors (Lipinski definition) is 11. The Bertz CT molecular complexity index is 1470. The summed E-state index contributed by atoms with van der Waals surface area (Å²) in [6.45, 7) is 11.2. The second-order valence-corrected chi connectivity index (χ2v) is 15.7. The van der Waals surface area contributed by atoms with Crippen molar-refractivity contribution in [2.75, 3.05) is 71.7 Å². The molecule has 1 amide bonds. The molecule has 12 nitrogen and oxygen atoms in total. The van der Waals surface area contributed by atoms with Gasteiger partial charge in [-0.3, -0.25) is 9.80 Å². The van der Waals surface area contributed by atoms with Gasteiger partial charge in [-0.15, -0.1) is 18.2 Å². The molecule has 1 aromatic carbocycles. The molecule has 3 fully saturated rings. The molecule has 6 rings (SSSR count). The van der Waals surface area contributed by atoms with Crippen LogP contribution in [0.4, 0.5) is 4.79 Å². The molecular weight excluding hydrogens is 726 g/mol. The van der Waals surface area contributed by atoms with E-state index in [4.69, 9.17) is 45.3 Å². The van der Waals surface area contributed by atoms with E-state index < -0.39 is 30.1 Å². The fourth-order valence-corrected chi connectivity index (χ4v) is 9.14. The molecular formula is C42H62ClN3O9. The van der Waals surface area contributed by atoms with E-state index >= 15 is 0 Å². The van der Waals surface area contributed by atoms with E-state index in [9.17, 15) is 15.0 Å². The van der Waals surface area contributed by atoms with Crippen LogP contribution in [0.5, 0.6) is 11.5 Å². The smallest absolute Gasteiger partial charge is 0.410 e. The molecule has 2 aliphatic carbocycles. The minimum Gasteiger partial charge on any atom is -0.492 e. The van der Waals surface area contributed by atoms with Crippen molar-refractivity contribution in [2.24, 2.45) is 22.9 Å². The average Bonchev–Trinajstić information content (AvgIpc) is 4.04. The van der Waals surface area contributed by atoms with Crippen LogP contribution in [0.1, 0.15) is 89.0 Å². The van der Waals surface area contributed by atoms with E-state index in [1.54, 1.807) is 11.0 Å². The third kappa shape index (κ3) is 9.99. The molecule has 1 aromatic rings. The van der Waals surface area contributed by atoms with E-state index in [1.165, 1.54) is 0 Å². The number of hydrogen-bond donors (Lipinski definition) is 2. The van der Waals surface area contributed by atoms with Crippen LogP contribution in [0.25, 0.3) is 0 Å². The van der Waals surface area contributed by atoms with Crippen LogP contribution < -0.4 is 9.47 Å². The van der Waals surface area contributed by atoms with Gasteiger partial charge in [0, 0.05) is 63.7 Å². The molecule has 306 valence electrons. The molecule has 2 saturated heterocycles. The van der Waals surface area contributed by atoms with E-state index in [0.29, 0.717) is 51.2 Å². The zero-order chi connectivity index (χ0) is 38.6. The van der Waals surface area contributed by atoms with Crippen molar-refractivity contribution in [3.05, 3.63) is 48.1 Å². The van der Waals surface area contributed by atoms with Gasteiger partial charge in [0.2, 0.25) is 12.1 Å². The summed E-state index contributed by atoms with van der Waals surface area (Å²) < 4.78 is 32.3. The van der Waals surface area contributed by atoms with Gasteiger partial charge < -0.3 is 38.7 Å². The zero-order valence-electron chi connectivity index (χ0n) is 32.6. The molecule has 7 atom stereocenters. The summed E-state index contributed by atoms with van der Waals surface area (Å²) in [5.74, 6) is -0.00131. The number of amides is 1. The van der Waals surface area contributed by atoms with E-state index in [0.717, 1.165) is 87.2 Å². The minimum atomic E-state index is -1.35. The van der Waals surface area contributed by atoms with Gasteiger partial charge in [0.25, 0.3) is 0 Å². The van der Waals surface area contributed by atoms with E-state index in [2.05, 4.69) is 23.6 Å². The number of fused-ring (bicyclic) bond motifs is 2. The monoisotopic (exact) mass is 787 g/mol. The molecule has 3 heterocycles. The molecule has 3 aliphatic heterocycles. The lowest BCUT2D eigenvalue weighted by molar-refractivity contribution is -0.255. The minimum absolute atomic E-state index is 0.0702. The summed E-state index contributed by atoms with van der Waals surface area (Å²) in [7, 11) is 0. The molecule has 0 radical (unpaired) electrons. The normalized spacial score (nSPS) is 29.0. The topological polar surface area (TPSA) is 132 Å². The predicted octanol–water partition coefficient (Wildman–Crippen LogP) is 6.63. The number of alkyl halides is 1. The number of allylic oxidation sites excluding steroid dienone is 1. The summed E-state index contributed by atoms with van der Waals surface area (Å²) in [6.07, 6.45) is 11.6. The van der Waals surface area contributed by atoms with Crippen molar-refractivity contribution >= 4 is 23.4 Å². The number of oxime groups is 1. The first kappa shape index (κ1) is 41.8. The fourth-order valence-electron chi connectivity index (χ4n) is 9.07. The highest BCUT2D eigenvalue weighted by atomic mass is 35.5. The van der Waals surface area contributed by atoms with Crippen molar-refractivity contribution < 1.29 is 43.5 Å². The molecule has 0 aromatic heterocycles. The van der Waals surface area contributed by atoms with Gasteiger partial charge in [0.15, 0.2) is 0 Å². The molecule has 0 spiro atoms. The van der Waals surface area contributed by atoms with Crippen molar-refractivity contribution in [3.63, 3.8) is 0 Å². The summed E-state index contributed by atoms with van der Waals surface area (Å²) in [5, 5.41) is 24.6. The Morgan fingerprint density at radius 3 is 2.67 bits per heavy atom. The lowest BCUT2D eigenvalue weighted by Crippen LogP contribution is -2.70. The molecule has 7 unspecified atom stereocenters. The maximum absolute atomic E-state index is 14.1. The van der Waals surface area contributed by atoms with Crippen molar-refractivity contribution in [1.82, 2.24) is 9.80 Å². The molecule has 13 heteroatoms. The Labute approximate surface area is 331 Å². The van der Waals surface area contributed by atoms with Crippen LogP contribution in [-0.2, 0) is 19.0 Å². The molecule has 5 aliphatic rings. The van der Waals surface area contributed by atoms with Crippen LogP contribution >= 0.6 is 11.6 Å². The lowest BCUT2D eigenvalue weighted by Gasteiger charge is -2.60. The van der Waals surface area contributed by atoms with Crippen LogP contribution in [-0.4, -0.2) is 122 Å². The third-order valence-corrected chi connectivity index (χ3v) is 11.8. The number of carbonyl (C=O) groups excluding carboxylic acids is 1. The number of aliphatic hydroxyl groups is 2. The Morgan fingerprint density at radius 2 is 1.96 bits per heavy atom. The molecule has 2 N–H and O–H groups in total. The van der Waals surface area contributed by atoms with Crippen LogP contribution in [0.15, 0.2) is 47.7 Å². The number of aliphatic hydroxyl groups excluding tert-OH is 2. The van der Waals surface area contributed by atoms with E-state index in [-0.39, 0.29) is 50.1 Å². The van der Waals surface area contributed by atoms with Crippen molar-refractivity contribution in [3.8, 4) is 11.5 Å². The van der Waals surface area contributed by atoms with Crippen LogP contribution in [0.3, 0.4) is 0 Å². The Balaban J connectivity index is 1.54. The standard InChI is InChI=1S/C42H62ClN3O9/c1-3-17-46(41(49)52-25-16-43)37-29-35(44-55-38-13-7-10-24-51-38)33-27-30(11-5-8-21-47)32(12-6-9-22-48)39-34-28-31(50-26-20-45-18-19-45)14-15-36(34)54-42(37,40(33)39)53-23-4-2/h4,14-15,27-28,30,32,37-40,47-48H,2-3,5-13,16-26,29H2,1H3. The number of ether oxygens (including phenoxy) is 5. The number of benzene rings is 1. The summed E-state index contributed by atoms with van der Waals surface area (Å²) >= 11 is 6.02. The molecule has 0 bridgehead atoms. The highest BCUT2D eigenvalue weighted by Crippen LogP contribution is 2.62. The first-order valence-electron chi connectivity index (χ1n) is 20.7. The average molecular weight is 788 g/mol. The van der Waals surface area contributed by atoms with Gasteiger partial charge >= 0.3 is 6.09 Å². The van der Waals surface area contributed by atoms with Gasteiger partial charge in [-0.1, -0.05) is 37.1 Å². The number of nitrogens with zero attached hydrogens (tertiary/aromatic N) is 3. The Hall–Kier alpha value is -2.87. The van der Waals surface area contributed by atoms with Crippen molar-refractivity contribution in [2.45, 2.75) is 102 Å². The summed E-state index contributed by atoms with van der Waals surface area (Å²) in [4.78, 5) is 24.3. The maximum Gasteiger partial charge on any atom is 0.410 e. The second kappa shape index (κ2) is 20.5. The SMILES string of the molecule is C=CCOC12Oc3ccc(OCCN4CC4)cc3C3C(CCCCO)C(CCCCO)C=C(C(=NOC4CCCCO4)CC1N(CCC)C(=O)OCCCl)C32. The zero-order valence-corrected chi connectivity index (χ0v) is 33.3. The second-order valence-electron chi connectivity index (χ2n) is 15.4. The third-order valence-electron chi connectivity index (χ3n) is 11.7. The maximum atomic E-state index is 14.1. The van der Waals surface area contributed by atoms with Gasteiger partial charge in [0.05, 0.1) is 30.7 Å². The lowest BCUT2D eigenvalue weighted by atomic mass is 9.55. The van der Waals surface area contributed by atoms with E-state index in [1.807, 2.05) is 19.1 Å². The van der Waals surface area contributed by atoms with Crippen LogP contribution in [0.2, 0.25) is 0 Å². The first-order valence-corrected chi connectivity index (χ1v) is 21.2. The fraction of sp³-hybridized carbons (Fsp3) is 0.714. The quantitative estimate of drug-likeness (QED) is 0.0434. The Kier molecular flexibility index (Phi) is 15.6. The van der Waals surface area contributed by atoms with Gasteiger partial charge in [-0.05, 0) is 80.6 Å². The van der Waals surface area contributed by atoms with Crippen LogP contribution in [0, 0.1) is 17.8 Å². The summed E-state index contributed by atoms with van der Waals surface area (Å²) in [6, 6.07) is 5.43. The van der Waals surface area contributed by atoms with Gasteiger partial charge in [0.1, 0.15) is 30.8 Å². The molecule has 1 saturated carbocycles. The van der Waals surface area contributed by atoms with Gasteiger partial charge in [-0.25, -0.2) is 4.79 Å².